The highest BCUT2D eigenvalue weighted by atomic mass is 35.5. The van der Waals surface area contributed by atoms with Gasteiger partial charge in [-0.05, 0) is 32.9 Å². The second kappa shape index (κ2) is 10.1. The van der Waals surface area contributed by atoms with Gasteiger partial charge in [0.05, 0.1) is 0 Å². The van der Waals surface area contributed by atoms with Gasteiger partial charge in [0.25, 0.3) is 0 Å². The number of amides is 1. The van der Waals surface area contributed by atoms with Crippen molar-refractivity contribution in [3.8, 4) is 0 Å². The Bertz CT molecular complexity index is 283. The molecular weight excluding hydrogens is 317 g/mol. The van der Waals surface area contributed by atoms with Gasteiger partial charge >= 0.3 is 0 Å². The normalized spacial score (nSPS) is 23.4. The van der Waals surface area contributed by atoms with Gasteiger partial charge in [0.1, 0.15) is 0 Å². The van der Waals surface area contributed by atoms with Gasteiger partial charge in [0, 0.05) is 43.1 Å². The first-order valence-corrected chi connectivity index (χ1v) is 8.06. The molecule has 120 valence electrons. The second-order valence-electron chi connectivity index (χ2n) is 5.60. The molecule has 1 aliphatic carbocycles. The van der Waals surface area contributed by atoms with Crippen LogP contribution in [0.2, 0.25) is 0 Å². The quantitative estimate of drug-likeness (QED) is 0.764. The first-order valence-electron chi connectivity index (χ1n) is 6.91. The minimum Gasteiger partial charge on any atom is -0.354 e. The Morgan fingerprint density at radius 3 is 2.60 bits per heavy atom. The molecule has 0 aromatic carbocycles. The van der Waals surface area contributed by atoms with Crippen LogP contribution in [0.25, 0.3) is 0 Å². The Morgan fingerprint density at radius 1 is 1.40 bits per heavy atom. The van der Waals surface area contributed by atoms with Crippen LogP contribution in [-0.4, -0.2) is 61.6 Å². The molecular formula is C13H27Cl2N3OS. The van der Waals surface area contributed by atoms with E-state index in [0.29, 0.717) is 18.5 Å². The fourth-order valence-electron chi connectivity index (χ4n) is 2.52. The maximum atomic E-state index is 11.9. The van der Waals surface area contributed by atoms with Crippen LogP contribution < -0.4 is 10.6 Å². The Hall–Kier alpha value is 0.320. The standard InChI is InChI=1S/C13H25N3OS.2ClH/c1-16(2)12(10-3-4-10)8-15-13(17)7-11-9-18-6-5-14-11;;/h10-12,14H,3-9H2,1-2H3,(H,15,17);2*1H. The Balaban J connectivity index is 0.00000180. The van der Waals surface area contributed by atoms with Crippen molar-refractivity contribution < 1.29 is 4.79 Å². The van der Waals surface area contributed by atoms with Crippen LogP contribution in [0, 0.1) is 5.92 Å². The second-order valence-corrected chi connectivity index (χ2v) is 6.75. The van der Waals surface area contributed by atoms with Gasteiger partial charge in [-0.15, -0.1) is 24.8 Å². The fraction of sp³-hybridized carbons (Fsp3) is 0.923. The summed E-state index contributed by atoms with van der Waals surface area (Å²) >= 11 is 1.94. The monoisotopic (exact) mass is 343 g/mol. The number of rotatable bonds is 6. The van der Waals surface area contributed by atoms with Gasteiger partial charge in [-0.1, -0.05) is 0 Å². The van der Waals surface area contributed by atoms with E-state index >= 15 is 0 Å². The minimum absolute atomic E-state index is 0. The fourth-order valence-corrected chi connectivity index (χ4v) is 3.47. The highest BCUT2D eigenvalue weighted by molar-refractivity contribution is 7.99. The van der Waals surface area contributed by atoms with E-state index in [2.05, 4.69) is 29.6 Å². The number of nitrogens with zero attached hydrogens (tertiary/aromatic N) is 1. The third-order valence-electron chi connectivity index (χ3n) is 3.77. The molecule has 7 heteroatoms. The number of halogens is 2. The van der Waals surface area contributed by atoms with Gasteiger partial charge in [-0.25, -0.2) is 0 Å². The molecule has 1 aliphatic heterocycles. The van der Waals surface area contributed by atoms with Gasteiger partial charge in [-0.3, -0.25) is 4.79 Å². The number of hydrogen-bond donors (Lipinski definition) is 2. The summed E-state index contributed by atoms with van der Waals surface area (Å²) in [6.45, 7) is 1.83. The molecule has 0 spiro atoms. The number of nitrogens with one attached hydrogen (secondary N) is 2. The van der Waals surface area contributed by atoms with E-state index in [9.17, 15) is 4.79 Å². The molecule has 1 heterocycles. The number of carbonyl (C=O) groups is 1. The third-order valence-corrected chi connectivity index (χ3v) is 4.90. The van der Waals surface area contributed by atoms with Crippen molar-refractivity contribution in [2.45, 2.75) is 31.3 Å². The summed E-state index contributed by atoms with van der Waals surface area (Å²) in [5, 5.41) is 6.51. The van der Waals surface area contributed by atoms with Gasteiger partial charge in [0.15, 0.2) is 0 Å². The van der Waals surface area contributed by atoms with Crippen molar-refractivity contribution in [3.05, 3.63) is 0 Å². The first kappa shape index (κ1) is 20.3. The van der Waals surface area contributed by atoms with Crippen molar-refractivity contribution in [2.24, 2.45) is 5.92 Å². The summed E-state index contributed by atoms with van der Waals surface area (Å²) in [4.78, 5) is 14.1. The molecule has 1 amide bonds. The lowest BCUT2D eigenvalue weighted by atomic mass is 10.1. The van der Waals surface area contributed by atoms with E-state index in [1.165, 1.54) is 18.6 Å². The summed E-state index contributed by atoms with van der Waals surface area (Å²) in [5.41, 5.74) is 0. The molecule has 0 aromatic rings. The van der Waals surface area contributed by atoms with Crippen LogP contribution in [-0.2, 0) is 4.79 Å². The third kappa shape index (κ3) is 6.85. The number of likely N-dealkylation sites (N-methyl/N-ethyl adjacent to an activating group) is 1. The van der Waals surface area contributed by atoms with E-state index in [0.717, 1.165) is 24.8 Å². The van der Waals surface area contributed by atoms with E-state index in [-0.39, 0.29) is 30.7 Å². The van der Waals surface area contributed by atoms with E-state index in [1.807, 2.05) is 11.8 Å². The highest BCUT2D eigenvalue weighted by Crippen LogP contribution is 2.34. The van der Waals surface area contributed by atoms with Crippen LogP contribution in [0.5, 0.6) is 0 Å². The predicted octanol–water partition coefficient (Wildman–Crippen LogP) is 1.38. The van der Waals surface area contributed by atoms with Crippen molar-refractivity contribution in [3.63, 3.8) is 0 Å². The summed E-state index contributed by atoms with van der Waals surface area (Å²) in [6, 6.07) is 0.880. The molecule has 1 saturated heterocycles. The summed E-state index contributed by atoms with van der Waals surface area (Å²) in [7, 11) is 4.21. The first-order chi connectivity index (χ1) is 8.66. The molecule has 0 aromatic heterocycles. The number of carbonyl (C=O) groups excluding carboxylic acids is 1. The maximum Gasteiger partial charge on any atom is 0.221 e. The highest BCUT2D eigenvalue weighted by Gasteiger charge is 2.32. The molecule has 2 N–H and O–H groups in total. The smallest absolute Gasteiger partial charge is 0.221 e. The maximum absolute atomic E-state index is 11.9. The molecule has 4 nitrogen and oxygen atoms in total. The average molecular weight is 344 g/mol. The summed E-state index contributed by atoms with van der Waals surface area (Å²) in [5.74, 6) is 3.22. The van der Waals surface area contributed by atoms with Crippen molar-refractivity contribution in [1.82, 2.24) is 15.5 Å². The Morgan fingerprint density at radius 2 is 2.10 bits per heavy atom. The number of hydrogen-bond acceptors (Lipinski definition) is 4. The average Bonchev–Trinajstić information content (AvgIpc) is 3.14. The molecule has 0 radical (unpaired) electrons. The van der Waals surface area contributed by atoms with Crippen LogP contribution in [0.4, 0.5) is 0 Å². The zero-order chi connectivity index (χ0) is 13.0. The SMILES string of the molecule is CN(C)C(CNC(=O)CC1CSCCN1)C1CC1.Cl.Cl. The summed E-state index contributed by atoms with van der Waals surface area (Å²) in [6.07, 6.45) is 3.26. The van der Waals surface area contributed by atoms with Crippen LogP contribution in [0.3, 0.4) is 0 Å². The molecule has 2 atom stereocenters. The zero-order valence-electron chi connectivity index (χ0n) is 12.3. The molecule has 1 saturated carbocycles. The van der Waals surface area contributed by atoms with E-state index < -0.39 is 0 Å². The van der Waals surface area contributed by atoms with Crippen LogP contribution >= 0.6 is 36.6 Å². The van der Waals surface area contributed by atoms with Crippen LogP contribution in [0.15, 0.2) is 0 Å². The topological polar surface area (TPSA) is 44.4 Å². The largest absolute Gasteiger partial charge is 0.354 e. The van der Waals surface area contributed by atoms with Gasteiger partial charge in [-0.2, -0.15) is 11.8 Å². The van der Waals surface area contributed by atoms with Gasteiger partial charge < -0.3 is 15.5 Å². The summed E-state index contributed by atoms with van der Waals surface area (Å²) < 4.78 is 0. The molecule has 20 heavy (non-hydrogen) atoms. The van der Waals surface area contributed by atoms with E-state index in [4.69, 9.17) is 0 Å². The number of thioether (sulfide) groups is 1. The lowest BCUT2D eigenvalue weighted by Crippen LogP contribution is -2.45. The molecule has 2 unspecified atom stereocenters. The van der Waals surface area contributed by atoms with Gasteiger partial charge in [0.2, 0.25) is 5.91 Å². The molecule has 0 bridgehead atoms. The molecule has 2 aliphatic rings. The lowest BCUT2D eigenvalue weighted by Gasteiger charge is -2.26. The lowest BCUT2D eigenvalue weighted by molar-refractivity contribution is -0.121. The Kier molecular flexibility index (Phi) is 10.3. The minimum atomic E-state index is 0. The Labute approximate surface area is 139 Å². The van der Waals surface area contributed by atoms with E-state index in [1.54, 1.807) is 0 Å². The van der Waals surface area contributed by atoms with Crippen molar-refractivity contribution >= 4 is 42.5 Å². The predicted molar refractivity (Wildman–Crippen MR) is 91.4 cm³/mol. The zero-order valence-corrected chi connectivity index (χ0v) is 14.7. The molecule has 2 rings (SSSR count). The van der Waals surface area contributed by atoms with Crippen molar-refractivity contribution in [2.75, 3.05) is 38.7 Å². The van der Waals surface area contributed by atoms with Crippen molar-refractivity contribution in [1.29, 1.82) is 0 Å². The van der Waals surface area contributed by atoms with Crippen LogP contribution in [0.1, 0.15) is 19.3 Å². The molecule has 2 fully saturated rings.